The van der Waals surface area contributed by atoms with Gasteiger partial charge in [-0.3, -0.25) is 4.79 Å². The van der Waals surface area contributed by atoms with E-state index in [4.69, 9.17) is 4.74 Å². The third kappa shape index (κ3) is 3.55. The van der Waals surface area contributed by atoms with E-state index in [-0.39, 0.29) is 11.9 Å². The van der Waals surface area contributed by atoms with Crippen LogP contribution in [-0.4, -0.2) is 23.5 Å². The summed E-state index contributed by atoms with van der Waals surface area (Å²) < 4.78 is 5.09. The number of aromatic nitrogens is 1. The van der Waals surface area contributed by atoms with E-state index in [1.165, 1.54) is 0 Å². The normalized spacial score (nSPS) is 10.6. The van der Waals surface area contributed by atoms with Gasteiger partial charge in [-0.25, -0.2) is 4.79 Å². The highest BCUT2D eigenvalue weighted by atomic mass is 16.5. The minimum absolute atomic E-state index is 0.184. The van der Waals surface area contributed by atoms with Gasteiger partial charge in [0.05, 0.1) is 17.7 Å². The van der Waals surface area contributed by atoms with Crippen LogP contribution in [0.1, 0.15) is 39.8 Å². The quantitative estimate of drug-likeness (QED) is 0.683. The molecule has 0 bridgehead atoms. The van der Waals surface area contributed by atoms with Gasteiger partial charge >= 0.3 is 5.97 Å². The average molecular weight is 336 g/mol. The van der Waals surface area contributed by atoms with E-state index in [1.807, 2.05) is 38.1 Å². The van der Waals surface area contributed by atoms with Crippen LogP contribution in [0.25, 0.3) is 10.9 Å². The number of aryl methyl sites for hydroxylation is 1. The van der Waals surface area contributed by atoms with E-state index < -0.39 is 0 Å². The lowest BCUT2D eigenvalue weighted by Gasteiger charge is -2.07. The predicted molar refractivity (Wildman–Crippen MR) is 98.0 cm³/mol. The van der Waals surface area contributed by atoms with Crippen molar-refractivity contribution in [2.24, 2.45) is 0 Å². The average Bonchev–Trinajstić information content (AvgIpc) is 2.96. The topological polar surface area (TPSA) is 71.2 Å². The molecule has 0 aliphatic carbocycles. The summed E-state index contributed by atoms with van der Waals surface area (Å²) in [5.41, 5.74) is 3.47. The van der Waals surface area contributed by atoms with Crippen LogP contribution in [0.5, 0.6) is 0 Å². The van der Waals surface area contributed by atoms with Crippen LogP contribution in [0.15, 0.2) is 48.5 Å². The molecule has 1 amide bonds. The van der Waals surface area contributed by atoms with E-state index in [0.29, 0.717) is 23.4 Å². The first-order valence-electron chi connectivity index (χ1n) is 8.26. The Hall–Kier alpha value is -3.08. The van der Waals surface area contributed by atoms with Crippen molar-refractivity contribution >= 4 is 28.5 Å². The number of para-hydroxylation sites is 1. The first-order chi connectivity index (χ1) is 12.1. The van der Waals surface area contributed by atoms with E-state index >= 15 is 0 Å². The maximum atomic E-state index is 12.6. The van der Waals surface area contributed by atoms with E-state index in [2.05, 4.69) is 10.3 Å². The molecule has 0 saturated heterocycles. The number of hydrogen-bond acceptors (Lipinski definition) is 3. The van der Waals surface area contributed by atoms with Crippen molar-refractivity contribution in [2.45, 2.75) is 20.3 Å². The maximum absolute atomic E-state index is 12.6. The molecular formula is C20H20N2O3. The highest BCUT2D eigenvalue weighted by Crippen LogP contribution is 2.23. The van der Waals surface area contributed by atoms with Crippen molar-refractivity contribution in [2.75, 3.05) is 11.9 Å². The smallest absolute Gasteiger partial charge is 0.338 e. The molecule has 0 spiro atoms. The summed E-state index contributed by atoms with van der Waals surface area (Å²) in [6, 6.07) is 14.4. The molecule has 0 saturated carbocycles. The Morgan fingerprint density at radius 1 is 1.08 bits per heavy atom. The zero-order valence-electron chi connectivity index (χ0n) is 14.3. The molecule has 5 heteroatoms. The van der Waals surface area contributed by atoms with Crippen molar-refractivity contribution in [3.8, 4) is 0 Å². The lowest BCUT2D eigenvalue weighted by molar-refractivity contribution is 0.0505. The van der Waals surface area contributed by atoms with Gasteiger partial charge in [0, 0.05) is 22.3 Å². The minimum atomic E-state index is -0.354. The summed E-state index contributed by atoms with van der Waals surface area (Å²) in [6.45, 7) is 4.22. The Morgan fingerprint density at radius 2 is 1.80 bits per heavy atom. The summed E-state index contributed by atoms with van der Waals surface area (Å²) >= 11 is 0. The predicted octanol–water partition coefficient (Wildman–Crippen LogP) is 4.30. The Labute approximate surface area is 146 Å². The number of rotatable bonds is 5. The van der Waals surface area contributed by atoms with Crippen molar-refractivity contribution in [3.63, 3.8) is 0 Å². The summed E-state index contributed by atoms with van der Waals surface area (Å²) in [7, 11) is 0. The van der Waals surface area contributed by atoms with Gasteiger partial charge in [-0.1, -0.05) is 25.1 Å². The third-order valence-corrected chi connectivity index (χ3v) is 3.94. The summed E-state index contributed by atoms with van der Waals surface area (Å²) in [5, 5.41) is 3.76. The molecule has 0 radical (unpaired) electrons. The van der Waals surface area contributed by atoms with Crippen molar-refractivity contribution in [1.29, 1.82) is 0 Å². The molecule has 1 heterocycles. The fourth-order valence-electron chi connectivity index (χ4n) is 2.73. The first-order valence-corrected chi connectivity index (χ1v) is 8.26. The third-order valence-electron chi connectivity index (χ3n) is 3.94. The van der Waals surface area contributed by atoms with Gasteiger partial charge < -0.3 is 15.0 Å². The molecule has 0 fully saturated rings. The molecule has 5 nitrogen and oxygen atoms in total. The number of carbonyl (C=O) groups excluding carboxylic acids is 2. The van der Waals surface area contributed by atoms with E-state index in [9.17, 15) is 9.59 Å². The van der Waals surface area contributed by atoms with Gasteiger partial charge in [0.15, 0.2) is 0 Å². The molecule has 25 heavy (non-hydrogen) atoms. The summed E-state index contributed by atoms with van der Waals surface area (Å²) in [6.07, 6.45) is 0.782. The van der Waals surface area contributed by atoms with Crippen LogP contribution in [0, 0.1) is 6.92 Å². The number of nitrogens with one attached hydrogen (secondary N) is 2. The molecule has 3 aromatic rings. The maximum Gasteiger partial charge on any atom is 0.338 e. The van der Waals surface area contributed by atoms with Crippen LogP contribution in [0.4, 0.5) is 5.69 Å². The number of benzene rings is 2. The SMILES string of the molecule is CCCOC(=O)c1ccc(NC(=O)c2c(C)[nH]c3ccccc23)cc1. The Kier molecular flexibility index (Phi) is 4.84. The highest BCUT2D eigenvalue weighted by Gasteiger charge is 2.16. The van der Waals surface area contributed by atoms with Crippen LogP contribution >= 0.6 is 0 Å². The minimum Gasteiger partial charge on any atom is -0.462 e. The molecule has 2 N–H and O–H groups in total. The van der Waals surface area contributed by atoms with E-state index in [0.717, 1.165) is 23.0 Å². The number of ether oxygens (including phenoxy) is 1. The molecule has 128 valence electrons. The second-order valence-electron chi connectivity index (χ2n) is 5.84. The van der Waals surface area contributed by atoms with Crippen LogP contribution < -0.4 is 5.32 Å². The van der Waals surface area contributed by atoms with Crippen LogP contribution in [-0.2, 0) is 4.74 Å². The van der Waals surface area contributed by atoms with Gasteiger partial charge in [0.25, 0.3) is 5.91 Å². The van der Waals surface area contributed by atoms with Crippen LogP contribution in [0.3, 0.4) is 0 Å². The number of aromatic amines is 1. The first kappa shape index (κ1) is 16.8. The lowest BCUT2D eigenvalue weighted by atomic mass is 10.1. The number of hydrogen-bond donors (Lipinski definition) is 2. The van der Waals surface area contributed by atoms with Crippen molar-refractivity contribution in [1.82, 2.24) is 4.98 Å². The second kappa shape index (κ2) is 7.21. The fourth-order valence-corrected chi connectivity index (χ4v) is 2.73. The summed E-state index contributed by atoms with van der Waals surface area (Å²) in [5.74, 6) is -0.538. The zero-order valence-corrected chi connectivity index (χ0v) is 14.3. The standard InChI is InChI=1S/C20H20N2O3/c1-3-12-25-20(24)14-8-10-15(11-9-14)22-19(23)18-13(2)21-17-7-5-4-6-16(17)18/h4-11,21H,3,12H2,1-2H3,(H,22,23). The van der Waals surface area contributed by atoms with Gasteiger partial charge in [0.2, 0.25) is 0 Å². The van der Waals surface area contributed by atoms with E-state index in [1.54, 1.807) is 24.3 Å². The van der Waals surface area contributed by atoms with Gasteiger partial charge in [-0.2, -0.15) is 0 Å². The van der Waals surface area contributed by atoms with Gasteiger partial charge in [0.1, 0.15) is 0 Å². The lowest BCUT2D eigenvalue weighted by Crippen LogP contribution is -2.13. The molecule has 0 atom stereocenters. The number of H-pyrrole nitrogens is 1. The second-order valence-corrected chi connectivity index (χ2v) is 5.84. The number of anilines is 1. The molecule has 0 unspecified atom stereocenters. The monoisotopic (exact) mass is 336 g/mol. The highest BCUT2D eigenvalue weighted by molar-refractivity contribution is 6.14. The fraction of sp³-hybridized carbons (Fsp3) is 0.200. The Morgan fingerprint density at radius 3 is 2.52 bits per heavy atom. The number of fused-ring (bicyclic) bond motifs is 1. The van der Waals surface area contributed by atoms with Gasteiger partial charge in [-0.15, -0.1) is 0 Å². The number of esters is 1. The number of carbonyl (C=O) groups is 2. The van der Waals surface area contributed by atoms with Crippen LogP contribution in [0.2, 0.25) is 0 Å². The number of amides is 1. The largest absolute Gasteiger partial charge is 0.462 e. The van der Waals surface area contributed by atoms with Crippen molar-refractivity contribution in [3.05, 3.63) is 65.4 Å². The molecule has 1 aromatic heterocycles. The molecule has 0 aliphatic heterocycles. The molecule has 0 aliphatic rings. The molecule has 2 aromatic carbocycles. The Bertz CT molecular complexity index is 910. The molecular weight excluding hydrogens is 316 g/mol. The molecule has 3 rings (SSSR count). The summed E-state index contributed by atoms with van der Waals surface area (Å²) in [4.78, 5) is 27.7. The Balaban J connectivity index is 1.76. The zero-order chi connectivity index (χ0) is 17.8. The van der Waals surface area contributed by atoms with Crippen molar-refractivity contribution < 1.29 is 14.3 Å². The van der Waals surface area contributed by atoms with Gasteiger partial charge in [-0.05, 0) is 43.7 Å².